The number of carbonyl (C=O) groups excluding carboxylic acids is 1. The Balaban J connectivity index is 2.91. The normalized spacial score (nSPS) is 10.1. The van der Waals surface area contributed by atoms with Gasteiger partial charge < -0.3 is 0 Å². The average molecular weight is 203 g/mol. The van der Waals surface area contributed by atoms with Crippen molar-refractivity contribution in [2.75, 3.05) is 0 Å². The number of hydrogen-bond donors (Lipinski definition) is 0. The molecule has 0 amide bonds. The first kappa shape index (κ1) is 10.8. The zero-order chi connectivity index (χ0) is 11.3. The summed E-state index contributed by atoms with van der Waals surface area (Å²) in [5.74, 6) is -0.235. The van der Waals surface area contributed by atoms with Crippen LogP contribution in [0.1, 0.15) is 5.56 Å². The fourth-order valence-corrected chi connectivity index (χ4v) is 0.988. The second-order valence-electron chi connectivity index (χ2n) is 2.79. The molecule has 0 atom stereocenters. The van der Waals surface area contributed by atoms with Crippen LogP contribution in [0.3, 0.4) is 0 Å². The summed E-state index contributed by atoms with van der Waals surface area (Å²) in [4.78, 5) is 20.8. The molecule has 0 bridgehead atoms. The van der Waals surface area contributed by atoms with Gasteiger partial charge in [0.2, 0.25) is 0 Å². The standard InChI is InChI=1S/C11H9NO3/c1-2-11(13)7-6-9-4-3-5-10(8-9)12(14)15/h2-8H,1H2. The maximum atomic E-state index is 10.9. The van der Waals surface area contributed by atoms with Gasteiger partial charge in [0.25, 0.3) is 5.69 Å². The third kappa shape index (κ3) is 3.19. The van der Waals surface area contributed by atoms with Crippen LogP contribution in [0.25, 0.3) is 6.08 Å². The molecule has 4 heteroatoms. The lowest BCUT2D eigenvalue weighted by Crippen LogP contribution is -1.88. The molecule has 0 N–H and O–H groups in total. The van der Waals surface area contributed by atoms with Crippen molar-refractivity contribution in [3.05, 3.63) is 58.7 Å². The van der Waals surface area contributed by atoms with Crippen LogP contribution >= 0.6 is 0 Å². The Labute approximate surface area is 86.7 Å². The number of benzene rings is 1. The number of non-ortho nitro benzene ring substituents is 1. The maximum absolute atomic E-state index is 10.9. The second kappa shape index (κ2) is 4.85. The largest absolute Gasteiger partial charge is 0.290 e. The van der Waals surface area contributed by atoms with Crippen LogP contribution < -0.4 is 0 Å². The summed E-state index contributed by atoms with van der Waals surface area (Å²) < 4.78 is 0. The van der Waals surface area contributed by atoms with E-state index in [0.29, 0.717) is 5.56 Å². The number of ketones is 1. The number of nitrogens with zero attached hydrogens (tertiary/aromatic N) is 1. The Morgan fingerprint density at radius 2 is 2.20 bits per heavy atom. The molecular weight excluding hydrogens is 194 g/mol. The highest BCUT2D eigenvalue weighted by Gasteiger charge is 2.03. The molecule has 0 unspecified atom stereocenters. The Morgan fingerprint density at radius 3 is 2.80 bits per heavy atom. The van der Waals surface area contributed by atoms with Crippen LogP contribution in [-0.4, -0.2) is 10.7 Å². The fraction of sp³-hybridized carbons (Fsp3) is 0. The topological polar surface area (TPSA) is 60.2 Å². The van der Waals surface area contributed by atoms with Gasteiger partial charge in [-0.25, -0.2) is 0 Å². The van der Waals surface area contributed by atoms with Crippen molar-refractivity contribution in [1.29, 1.82) is 0 Å². The third-order valence-corrected chi connectivity index (χ3v) is 1.72. The predicted octanol–water partition coefficient (Wildman–Crippen LogP) is 2.36. The minimum Gasteiger partial charge on any atom is -0.290 e. The zero-order valence-electron chi connectivity index (χ0n) is 7.92. The van der Waals surface area contributed by atoms with E-state index in [-0.39, 0.29) is 11.5 Å². The zero-order valence-corrected chi connectivity index (χ0v) is 7.92. The van der Waals surface area contributed by atoms with Crippen molar-refractivity contribution in [3.63, 3.8) is 0 Å². The third-order valence-electron chi connectivity index (χ3n) is 1.72. The first-order valence-electron chi connectivity index (χ1n) is 4.22. The van der Waals surface area contributed by atoms with Crippen LogP contribution in [-0.2, 0) is 4.79 Å². The highest BCUT2D eigenvalue weighted by atomic mass is 16.6. The minimum absolute atomic E-state index is 0.00296. The molecular formula is C11H9NO3. The summed E-state index contributed by atoms with van der Waals surface area (Å²) in [6.45, 7) is 3.31. The van der Waals surface area contributed by atoms with Gasteiger partial charge in [-0.2, -0.15) is 0 Å². The predicted molar refractivity (Wildman–Crippen MR) is 57.3 cm³/mol. The van der Waals surface area contributed by atoms with E-state index in [1.54, 1.807) is 12.1 Å². The van der Waals surface area contributed by atoms with Crippen LogP contribution in [0.2, 0.25) is 0 Å². The molecule has 0 aliphatic rings. The number of nitro groups is 1. The summed E-state index contributed by atoms with van der Waals surface area (Å²) in [6.07, 6.45) is 4.00. The number of allylic oxidation sites excluding steroid dienone is 2. The lowest BCUT2D eigenvalue weighted by atomic mass is 10.2. The van der Waals surface area contributed by atoms with E-state index in [4.69, 9.17) is 0 Å². The lowest BCUT2D eigenvalue weighted by molar-refractivity contribution is -0.384. The van der Waals surface area contributed by atoms with E-state index in [9.17, 15) is 14.9 Å². The molecule has 0 saturated heterocycles. The van der Waals surface area contributed by atoms with E-state index in [2.05, 4.69) is 6.58 Å². The maximum Gasteiger partial charge on any atom is 0.270 e. The Morgan fingerprint density at radius 1 is 1.47 bits per heavy atom. The SMILES string of the molecule is C=CC(=O)C=Cc1cccc([N+](=O)[O-])c1. The summed E-state index contributed by atoms with van der Waals surface area (Å²) in [5, 5.41) is 10.4. The van der Waals surface area contributed by atoms with Gasteiger partial charge in [-0.05, 0) is 17.7 Å². The molecule has 76 valence electrons. The van der Waals surface area contributed by atoms with E-state index < -0.39 is 4.92 Å². The van der Waals surface area contributed by atoms with Crippen LogP contribution in [0.4, 0.5) is 5.69 Å². The fourth-order valence-electron chi connectivity index (χ4n) is 0.988. The molecule has 0 aromatic heterocycles. The Kier molecular flexibility index (Phi) is 3.51. The summed E-state index contributed by atoms with van der Waals surface area (Å²) in [7, 11) is 0. The van der Waals surface area contributed by atoms with Gasteiger partial charge in [-0.3, -0.25) is 14.9 Å². The molecule has 0 aliphatic carbocycles. The Hall–Kier alpha value is -2.23. The van der Waals surface area contributed by atoms with E-state index in [1.165, 1.54) is 30.4 Å². The van der Waals surface area contributed by atoms with Crippen LogP contribution in [0.5, 0.6) is 0 Å². The van der Waals surface area contributed by atoms with Crippen molar-refractivity contribution in [1.82, 2.24) is 0 Å². The van der Waals surface area contributed by atoms with Crippen molar-refractivity contribution in [3.8, 4) is 0 Å². The van der Waals surface area contributed by atoms with Crippen LogP contribution in [0, 0.1) is 10.1 Å². The van der Waals surface area contributed by atoms with Crippen molar-refractivity contribution in [2.24, 2.45) is 0 Å². The molecule has 1 aromatic carbocycles. The monoisotopic (exact) mass is 203 g/mol. The number of rotatable bonds is 4. The highest BCUT2D eigenvalue weighted by molar-refractivity contribution is 6.01. The van der Waals surface area contributed by atoms with E-state index in [1.807, 2.05) is 0 Å². The van der Waals surface area contributed by atoms with E-state index in [0.717, 1.165) is 0 Å². The number of nitro benzene ring substituents is 1. The van der Waals surface area contributed by atoms with Gasteiger partial charge in [0.1, 0.15) is 0 Å². The van der Waals surface area contributed by atoms with Gasteiger partial charge >= 0.3 is 0 Å². The molecule has 4 nitrogen and oxygen atoms in total. The highest BCUT2D eigenvalue weighted by Crippen LogP contribution is 2.13. The number of carbonyl (C=O) groups is 1. The van der Waals surface area contributed by atoms with Gasteiger partial charge in [-0.15, -0.1) is 0 Å². The molecule has 0 radical (unpaired) electrons. The summed E-state index contributed by atoms with van der Waals surface area (Å²) in [5.41, 5.74) is 0.614. The molecule has 0 heterocycles. The Bertz CT molecular complexity index is 435. The first-order chi connectivity index (χ1) is 7.13. The van der Waals surface area contributed by atoms with E-state index >= 15 is 0 Å². The van der Waals surface area contributed by atoms with Gasteiger partial charge in [0.05, 0.1) is 4.92 Å². The summed E-state index contributed by atoms with van der Waals surface area (Å²) in [6, 6.07) is 6.04. The van der Waals surface area contributed by atoms with Gasteiger partial charge in [-0.1, -0.05) is 24.8 Å². The van der Waals surface area contributed by atoms with Crippen molar-refractivity contribution >= 4 is 17.5 Å². The van der Waals surface area contributed by atoms with Gasteiger partial charge in [0, 0.05) is 12.1 Å². The molecule has 15 heavy (non-hydrogen) atoms. The lowest BCUT2D eigenvalue weighted by Gasteiger charge is -1.93. The molecule has 0 spiro atoms. The molecule has 0 saturated carbocycles. The van der Waals surface area contributed by atoms with Crippen molar-refractivity contribution in [2.45, 2.75) is 0 Å². The molecule has 1 rings (SSSR count). The average Bonchev–Trinajstić information content (AvgIpc) is 2.26. The van der Waals surface area contributed by atoms with Gasteiger partial charge in [0.15, 0.2) is 5.78 Å². The minimum atomic E-state index is -0.480. The first-order valence-corrected chi connectivity index (χ1v) is 4.22. The quantitative estimate of drug-likeness (QED) is 0.428. The molecule has 1 aromatic rings. The summed E-state index contributed by atoms with van der Waals surface area (Å²) >= 11 is 0. The van der Waals surface area contributed by atoms with Crippen LogP contribution in [0.15, 0.2) is 43.0 Å². The smallest absolute Gasteiger partial charge is 0.270 e. The molecule has 0 fully saturated rings. The second-order valence-corrected chi connectivity index (χ2v) is 2.79. The molecule has 0 aliphatic heterocycles. The van der Waals surface area contributed by atoms with Crippen molar-refractivity contribution < 1.29 is 9.72 Å². The number of hydrogen-bond acceptors (Lipinski definition) is 3.